The van der Waals surface area contributed by atoms with E-state index in [4.69, 9.17) is 4.74 Å². The lowest BCUT2D eigenvalue weighted by molar-refractivity contribution is -0.00885. The minimum absolute atomic E-state index is 0.0728. The molecule has 0 saturated heterocycles. The van der Waals surface area contributed by atoms with Crippen LogP contribution in [0.1, 0.15) is 35.6 Å². The number of thiazole rings is 1. The van der Waals surface area contributed by atoms with Crippen molar-refractivity contribution in [3.8, 4) is 0 Å². The molecule has 1 N–H and O–H groups in total. The zero-order chi connectivity index (χ0) is 10.7. The first kappa shape index (κ1) is 11.0. The van der Waals surface area contributed by atoms with Crippen molar-refractivity contribution in [3.05, 3.63) is 16.1 Å². The van der Waals surface area contributed by atoms with Gasteiger partial charge < -0.3 is 10.1 Å². The van der Waals surface area contributed by atoms with Crippen LogP contribution in [-0.2, 0) is 16.9 Å². The summed E-state index contributed by atoms with van der Waals surface area (Å²) in [5.74, 6) is 0. The number of rotatable bonds is 4. The summed E-state index contributed by atoms with van der Waals surface area (Å²) in [5.41, 5.74) is -0.0728. The van der Waals surface area contributed by atoms with Gasteiger partial charge in [-0.3, -0.25) is 0 Å². The largest absolute Gasteiger partial charge is 0.371 e. The molecule has 0 radical (unpaired) electrons. The minimum Gasteiger partial charge on any atom is -0.371 e. The monoisotopic (exact) mass is 226 g/mol. The van der Waals surface area contributed by atoms with Crippen LogP contribution in [0.2, 0.25) is 0 Å². The molecule has 4 heteroatoms. The summed E-state index contributed by atoms with van der Waals surface area (Å²) in [7, 11) is 3.77. The number of methoxy groups -OCH3 is 1. The van der Waals surface area contributed by atoms with Crippen molar-refractivity contribution in [2.75, 3.05) is 14.2 Å². The summed E-state index contributed by atoms with van der Waals surface area (Å²) in [6, 6.07) is 0. The highest BCUT2D eigenvalue weighted by Crippen LogP contribution is 2.42. The zero-order valence-corrected chi connectivity index (χ0v) is 10.2. The summed E-state index contributed by atoms with van der Waals surface area (Å²) < 4.78 is 5.70. The van der Waals surface area contributed by atoms with Crippen molar-refractivity contribution in [2.24, 2.45) is 0 Å². The predicted octanol–water partition coefficient (Wildman–Crippen LogP) is 2.28. The summed E-state index contributed by atoms with van der Waals surface area (Å²) >= 11 is 1.78. The van der Waals surface area contributed by atoms with Gasteiger partial charge in [0, 0.05) is 24.7 Å². The summed E-state index contributed by atoms with van der Waals surface area (Å²) in [6.45, 7) is 0.900. The van der Waals surface area contributed by atoms with Crippen molar-refractivity contribution in [3.63, 3.8) is 0 Å². The molecule has 0 unspecified atom stereocenters. The van der Waals surface area contributed by atoms with Crippen LogP contribution in [-0.4, -0.2) is 19.1 Å². The third kappa shape index (κ3) is 2.07. The highest BCUT2D eigenvalue weighted by molar-refractivity contribution is 7.11. The van der Waals surface area contributed by atoms with E-state index in [-0.39, 0.29) is 5.60 Å². The molecule has 0 spiro atoms. The SMILES string of the molecule is CNCc1cnc(C2(OC)CCCC2)s1. The molecule has 15 heavy (non-hydrogen) atoms. The van der Waals surface area contributed by atoms with E-state index >= 15 is 0 Å². The van der Waals surface area contributed by atoms with E-state index in [2.05, 4.69) is 10.3 Å². The molecule has 84 valence electrons. The first-order valence-corrected chi connectivity index (χ1v) is 6.27. The fraction of sp³-hybridized carbons (Fsp3) is 0.727. The maximum Gasteiger partial charge on any atom is 0.125 e. The first-order valence-electron chi connectivity index (χ1n) is 5.46. The molecule has 1 aliphatic carbocycles. The Kier molecular flexibility index (Phi) is 3.38. The number of hydrogen-bond acceptors (Lipinski definition) is 4. The highest BCUT2D eigenvalue weighted by Gasteiger charge is 2.38. The summed E-state index contributed by atoms with van der Waals surface area (Å²) in [6.07, 6.45) is 6.73. The normalized spacial score (nSPS) is 19.6. The molecule has 0 bridgehead atoms. The minimum atomic E-state index is -0.0728. The van der Waals surface area contributed by atoms with Gasteiger partial charge in [-0.25, -0.2) is 4.98 Å². The molecule has 1 heterocycles. The van der Waals surface area contributed by atoms with E-state index in [0.29, 0.717) is 0 Å². The van der Waals surface area contributed by atoms with E-state index in [1.54, 1.807) is 11.3 Å². The molecule has 2 rings (SSSR count). The Labute approximate surface area is 94.9 Å². The number of ether oxygens (including phenoxy) is 1. The van der Waals surface area contributed by atoms with Crippen LogP contribution in [0, 0.1) is 0 Å². The second-order valence-corrected chi connectivity index (χ2v) is 5.18. The maximum atomic E-state index is 5.70. The molecule has 1 aromatic rings. The van der Waals surface area contributed by atoms with Crippen LogP contribution in [0.25, 0.3) is 0 Å². The molecule has 1 aliphatic rings. The van der Waals surface area contributed by atoms with Gasteiger partial charge in [0.2, 0.25) is 0 Å². The molecule has 0 aromatic carbocycles. The first-order chi connectivity index (χ1) is 7.30. The van der Waals surface area contributed by atoms with Crippen molar-refractivity contribution in [1.82, 2.24) is 10.3 Å². The number of nitrogens with zero attached hydrogens (tertiary/aromatic N) is 1. The topological polar surface area (TPSA) is 34.2 Å². The molecule has 0 atom stereocenters. The van der Waals surface area contributed by atoms with Crippen LogP contribution in [0.5, 0.6) is 0 Å². The van der Waals surface area contributed by atoms with Gasteiger partial charge >= 0.3 is 0 Å². The van der Waals surface area contributed by atoms with Crippen molar-refractivity contribution in [2.45, 2.75) is 37.8 Å². The number of nitrogens with one attached hydrogen (secondary N) is 1. The number of hydrogen-bond donors (Lipinski definition) is 1. The van der Waals surface area contributed by atoms with Crippen LogP contribution >= 0.6 is 11.3 Å². The third-order valence-corrected chi connectivity index (χ3v) is 4.28. The molecule has 1 fully saturated rings. The van der Waals surface area contributed by atoms with E-state index in [1.807, 2.05) is 20.4 Å². The maximum absolute atomic E-state index is 5.70. The predicted molar refractivity (Wildman–Crippen MR) is 62.0 cm³/mol. The Morgan fingerprint density at radius 1 is 1.53 bits per heavy atom. The molecule has 1 saturated carbocycles. The summed E-state index contributed by atoms with van der Waals surface area (Å²) in [5, 5.41) is 4.31. The van der Waals surface area contributed by atoms with Crippen molar-refractivity contribution >= 4 is 11.3 Å². The average molecular weight is 226 g/mol. The lowest BCUT2D eigenvalue weighted by Gasteiger charge is -2.24. The Balaban J connectivity index is 2.19. The quantitative estimate of drug-likeness (QED) is 0.855. The van der Waals surface area contributed by atoms with Crippen LogP contribution in [0.15, 0.2) is 6.20 Å². The highest BCUT2D eigenvalue weighted by atomic mass is 32.1. The Hall–Kier alpha value is -0.450. The zero-order valence-electron chi connectivity index (χ0n) is 9.38. The summed E-state index contributed by atoms with van der Waals surface area (Å²) in [4.78, 5) is 5.80. The molecule has 3 nitrogen and oxygen atoms in total. The smallest absolute Gasteiger partial charge is 0.125 e. The Morgan fingerprint density at radius 2 is 2.27 bits per heavy atom. The van der Waals surface area contributed by atoms with Crippen LogP contribution < -0.4 is 5.32 Å². The van der Waals surface area contributed by atoms with Gasteiger partial charge in [-0.05, 0) is 19.9 Å². The lowest BCUT2D eigenvalue weighted by Crippen LogP contribution is -2.23. The van der Waals surface area contributed by atoms with Gasteiger partial charge in [-0.15, -0.1) is 11.3 Å². The van der Waals surface area contributed by atoms with Gasteiger partial charge in [0.25, 0.3) is 0 Å². The fourth-order valence-electron chi connectivity index (χ4n) is 2.23. The van der Waals surface area contributed by atoms with Gasteiger partial charge in [0.05, 0.1) is 0 Å². The Bertz CT molecular complexity index is 318. The standard InChI is InChI=1S/C11H18N2OS/c1-12-7-9-8-13-10(15-9)11(14-2)5-3-4-6-11/h8,12H,3-7H2,1-2H3. The van der Waals surface area contributed by atoms with Crippen molar-refractivity contribution < 1.29 is 4.74 Å². The van der Waals surface area contributed by atoms with Crippen LogP contribution in [0.3, 0.4) is 0 Å². The lowest BCUT2D eigenvalue weighted by atomic mass is 10.0. The molecule has 1 aromatic heterocycles. The van der Waals surface area contributed by atoms with Gasteiger partial charge in [0.15, 0.2) is 0 Å². The van der Waals surface area contributed by atoms with Crippen molar-refractivity contribution in [1.29, 1.82) is 0 Å². The van der Waals surface area contributed by atoms with Crippen LogP contribution in [0.4, 0.5) is 0 Å². The fourth-order valence-corrected chi connectivity index (χ4v) is 3.37. The van der Waals surface area contributed by atoms with Gasteiger partial charge in [-0.1, -0.05) is 12.8 Å². The van der Waals surface area contributed by atoms with Gasteiger partial charge in [0.1, 0.15) is 10.6 Å². The average Bonchev–Trinajstić information content (AvgIpc) is 2.86. The Morgan fingerprint density at radius 3 is 2.87 bits per heavy atom. The molecule has 0 amide bonds. The molecular formula is C11H18N2OS. The van der Waals surface area contributed by atoms with E-state index in [0.717, 1.165) is 24.4 Å². The second-order valence-electron chi connectivity index (χ2n) is 4.07. The molecular weight excluding hydrogens is 208 g/mol. The van der Waals surface area contributed by atoms with E-state index in [1.165, 1.54) is 17.7 Å². The van der Waals surface area contributed by atoms with E-state index < -0.39 is 0 Å². The third-order valence-electron chi connectivity index (χ3n) is 3.10. The molecule has 0 aliphatic heterocycles. The van der Waals surface area contributed by atoms with E-state index in [9.17, 15) is 0 Å². The number of aromatic nitrogens is 1. The second kappa shape index (κ2) is 4.60. The van der Waals surface area contributed by atoms with Gasteiger partial charge in [-0.2, -0.15) is 0 Å².